The summed E-state index contributed by atoms with van der Waals surface area (Å²) >= 11 is 0. The first-order chi connectivity index (χ1) is 10.4. The number of benzene rings is 1. The fourth-order valence-electron chi connectivity index (χ4n) is 2.43. The molecule has 0 N–H and O–H groups in total. The fourth-order valence-corrected chi connectivity index (χ4v) is 2.43. The van der Waals surface area contributed by atoms with Gasteiger partial charge in [0, 0.05) is 26.0 Å². The van der Waals surface area contributed by atoms with Crippen LogP contribution in [0.4, 0.5) is 4.39 Å². The van der Waals surface area contributed by atoms with Crippen molar-refractivity contribution >= 4 is 5.91 Å². The SMILES string of the molecule is CN(CCc1ccncc1)C(=O)C(C)(C)c1cccc(F)c1. The summed E-state index contributed by atoms with van der Waals surface area (Å²) in [6, 6.07) is 10.1. The van der Waals surface area contributed by atoms with Crippen LogP contribution in [0.3, 0.4) is 0 Å². The zero-order chi connectivity index (χ0) is 16.2. The van der Waals surface area contributed by atoms with Gasteiger partial charge in [0.25, 0.3) is 0 Å². The number of hydrogen-bond acceptors (Lipinski definition) is 2. The third-order valence-electron chi connectivity index (χ3n) is 3.91. The molecule has 0 unspecified atom stereocenters. The molecule has 22 heavy (non-hydrogen) atoms. The number of likely N-dealkylation sites (N-methyl/N-ethyl adjacent to an activating group) is 1. The van der Waals surface area contributed by atoms with Crippen LogP contribution in [0.2, 0.25) is 0 Å². The average Bonchev–Trinajstić information content (AvgIpc) is 2.52. The Labute approximate surface area is 130 Å². The molecule has 0 aliphatic carbocycles. The lowest BCUT2D eigenvalue weighted by atomic mass is 9.83. The fraction of sp³-hybridized carbons (Fsp3) is 0.333. The van der Waals surface area contributed by atoms with E-state index in [1.54, 1.807) is 36.5 Å². The summed E-state index contributed by atoms with van der Waals surface area (Å²) in [5, 5.41) is 0. The lowest BCUT2D eigenvalue weighted by molar-refractivity contribution is -0.134. The van der Waals surface area contributed by atoms with Gasteiger partial charge in [-0.3, -0.25) is 9.78 Å². The highest BCUT2D eigenvalue weighted by molar-refractivity contribution is 5.87. The zero-order valence-electron chi connectivity index (χ0n) is 13.2. The van der Waals surface area contributed by atoms with Crippen molar-refractivity contribution in [1.29, 1.82) is 0 Å². The highest BCUT2D eigenvalue weighted by Crippen LogP contribution is 2.26. The molecule has 116 valence electrons. The minimum Gasteiger partial charge on any atom is -0.345 e. The van der Waals surface area contributed by atoms with Crippen LogP contribution in [0.25, 0.3) is 0 Å². The van der Waals surface area contributed by atoms with Crippen molar-refractivity contribution in [3.63, 3.8) is 0 Å². The molecule has 0 aliphatic heterocycles. The minimum atomic E-state index is -0.755. The standard InChI is InChI=1S/C18H21FN2O/c1-18(2,15-5-4-6-16(19)13-15)17(22)21(3)12-9-14-7-10-20-11-8-14/h4-8,10-11,13H,9,12H2,1-3H3. The second kappa shape index (κ2) is 6.69. The molecule has 0 fully saturated rings. The topological polar surface area (TPSA) is 33.2 Å². The van der Waals surface area contributed by atoms with Crippen LogP contribution in [-0.4, -0.2) is 29.4 Å². The number of hydrogen-bond donors (Lipinski definition) is 0. The molecule has 1 aromatic heterocycles. The van der Waals surface area contributed by atoms with Gasteiger partial charge in [0.1, 0.15) is 5.82 Å². The molecule has 1 aromatic carbocycles. The summed E-state index contributed by atoms with van der Waals surface area (Å²) < 4.78 is 13.4. The Morgan fingerprint density at radius 2 is 1.91 bits per heavy atom. The van der Waals surface area contributed by atoms with Crippen molar-refractivity contribution in [2.75, 3.05) is 13.6 Å². The Kier molecular flexibility index (Phi) is 4.91. The van der Waals surface area contributed by atoms with Crippen molar-refractivity contribution in [2.45, 2.75) is 25.7 Å². The van der Waals surface area contributed by atoms with Gasteiger partial charge < -0.3 is 4.90 Å². The number of aromatic nitrogens is 1. The number of carbonyl (C=O) groups is 1. The normalized spacial score (nSPS) is 11.3. The van der Waals surface area contributed by atoms with E-state index < -0.39 is 5.41 Å². The van der Waals surface area contributed by atoms with Crippen molar-refractivity contribution in [3.8, 4) is 0 Å². The van der Waals surface area contributed by atoms with E-state index in [2.05, 4.69) is 4.98 Å². The number of rotatable bonds is 5. The summed E-state index contributed by atoms with van der Waals surface area (Å²) in [6.07, 6.45) is 4.26. The Hall–Kier alpha value is -2.23. The van der Waals surface area contributed by atoms with Gasteiger partial charge >= 0.3 is 0 Å². The Morgan fingerprint density at radius 3 is 2.55 bits per heavy atom. The quantitative estimate of drug-likeness (QED) is 0.849. The van der Waals surface area contributed by atoms with Crippen LogP contribution in [0.15, 0.2) is 48.8 Å². The van der Waals surface area contributed by atoms with Gasteiger partial charge in [-0.25, -0.2) is 4.39 Å². The first-order valence-electron chi connectivity index (χ1n) is 7.32. The van der Waals surface area contributed by atoms with E-state index in [-0.39, 0.29) is 11.7 Å². The molecule has 0 bridgehead atoms. The van der Waals surface area contributed by atoms with E-state index in [9.17, 15) is 9.18 Å². The Bertz CT molecular complexity index is 641. The van der Waals surface area contributed by atoms with Gasteiger partial charge in [-0.05, 0) is 55.7 Å². The smallest absolute Gasteiger partial charge is 0.232 e. The highest BCUT2D eigenvalue weighted by atomic mass is 19.1. The molecule has 2 aromatic rings. The largest absolute Gasteiger partial charge is 0.345 e. The lowest BCUT2D eigenvalue weighted by Crippen LogP contribution is -2.42. The molecule has 0 atom stereocenters. The molecule has 0 spiro atoms. The molecule has 2 rings (SSSR count). The minimum absolute atomic E-state index is 0.0212. The summed E-state index contributed by atoms with van der Waals surface area (Å²) in [4.78, 5) is 18.4. The molecular weight excluding hydrogens is 279 g/mol. The van der Waals surface area contributed by atoms with Crippen molar-refractivity contribution in [1.82, 2.24) is 9.88 Å². The monoisotopic (exact) mass is 300 g/mol. The van der Waals surface area contributed by atoms with Crippen LogP contribution in [-0.2, 0) is 16.6 Å². The maximum atomic E-state index is 13.4. The number of amides is 1. The predicted octanol–water partition coefficient (Wildman–Crippen LogP) is 3.20. The summed E-state index contributed by atoms with van der Waals surface area (Å²) in [5.74, 6) is -0.343. The summed E-state index contributed by atoms with van der Waals surface area (Å²) in [7, 11) is 1.78. The van der Waals surface area contributed by atoms with Gasteiger partial charge in [0.2, 0.25) is 5.91 Å². The van der Waals surface area contributed by atoms with Crippen LogP contribution < -0.4 is 0 Å². The predicted molar refractivity (Wildman–Crippen MR) is 85.0 cm³/mol. The first kappa shape index (κ1) is 16.1. The molecule has 3 nitrogen and oxygen atoms in total. The van der Waals surface area contributed by atoms with Gasteiger partial charge in [-0.2, -0.15) is 0 Å². The van der Waals surface area contributed by atoms with Crippen molar-refractivity contribution in [2.24, 2.45) is 0 Å². The third-order valence-corrected chi connectivity index (χ3v) is 3.91. The number of nitrogens with zero attached hydrogens (tertiary/aromatic N) is 2. The zero-order valence-corrected chi connectivity index (χ0v) is 13.2. The van der Waals surface area contributed by atoms with E-state index in [1.807, 2.05) is 26.0 Å². The molecule has 1 heterocycles. The molecular formula is C18H21FN2O. The second-order valence-electron chi connectivity index (χ2n) is 5.97. The van der Waals surface area contributed by atoms with E-state index in [0.717, 1.165) is 12.0 Å². The van der Waals surface area contributed by atoms with Gasteiger partial charge in [-0.15, -0.1) is 0 Å². The van der Waals surface area contributed by atoms with E-state index in [0.29, 0.717) is 12.1 Å². The van der Waals surface area contributed by atoms with Crippen LogP contribution in [0.1, 0.15) is 25.0 Å². The van der Waals surface area contributed by atoms with Gasteiger partial charge in [-0.1, -0.05) is 12.1 Å². The second-order valence-corrected chi connectivity index (χ2v) is 5.97. The molecule has 1 amide bonds. The van der Waals surface area contributed by atoms with E-state index >= 15 is 0 Å². The Balaban J connectivity index is 2.05. The molecule has 0 saturated heterocycles. The maximum absolute atomic E-state index is 13.4. The Morgan fingerprint density at radius 1 is 1.23 bits per heavy atom. The van der Waals surface area contributed by atoms with Crippen LogP contribution in [0, 0.1) is 5.82 Å². The average molecular weight is 300 g/mol. The number of carbonyl (C=O) groups excluding carboxylic acids is 1. The van der Waals surface area contributed by atoms with Crippen molar-refractivity contribution in [3.05, 3.63) is 65.7 Å². The molecule has 0 saturated carbocycles. The maximum Gasteiger partial charge on any atom is 0.232 e. The van der Waals surface area contributed by atoms with E-state index in [1.165, 1.54) is 12.1 Å². The van der Waals surface area contributed by atoms with Crippen molar-refractivity contribution < 1.29 is 9.18 Å². The molecule has 4 heteroatoms. The van der Waals surface area contributed by atoms with Crippen LogP contribution >= 0.6 is 0 Å². The summed E-state index contributed by atoms with van der Waals surface area (Å²) in [6.45, 7) is 4.27. The first-order valence-corrected chi connectivity index (χ1v) is 7.32. The number of pyridine rings is 1. The molecule has 0 radical (unpaired) electrons. The summed E-state index contributed by atoms with van der Waals surface area (Å²) in [5.41, 5.74) is 1.07. The van der Waals surface area contributed by atoms with Gasteiger partial charge in [0.15, 0.2) is 0 Å². The van der Waals surface area contributed by atoms with E-state index in [4.69, 9.17) is 0 Å². The molecule has 0 aliphatic rings. The number of halogens is 1. The van der Waals surface area contributed by atoms with Crippen LogP contribution in [0.5, 0.6) is 0 Å². The lowest BCUT2D eigenvalue weighted by Gasteiger charge is -2.30. The third kappa shape index (κ3) is 3.70. The highest BCUT2D eigenvalue weighted by Gasteiger charge is 2.32. The van der Waals surface area contributed by atoms with Gasteiger partial charge in [0.05, 0.1) is 5.41 Å².